The second-order valence-electron chi connectivity index (χ2n) is 6.72. The van der Waals surface area contributed by atoms with Crippen LogP contribution in [0.15, 0.2) is 48.5 Å². The first-order valence-corrected chi connectivity index (χ1v) is 9.72. The molecule has 0 atom stereocenters. The van der Waals surface area contributed by atoms with Gasteiger partial charge in [-0.3, -0.25) is 4.79 Å². The highest BCUT2D eigenvalue weighted by Gasteiger charge is 2.06. The molecule has 0 aromatic heterocycles. The van der Waals surface area contributed by atoms with Gasteiger partial charge in [0.25, 0.3) is 5.91 Å². The molecule has 0 heterocycles. The Morgan fingerprint density at radius 2 is 1.36 bits per heavy atom. The smallest absolute Gasteiger partial charge is 0.255 e. The van der Waals surface area contributed by atoms with E-state index in [4.69, 9.17) is 0 Å². The first-order valence-electron chi connectivity index (χ1n) is 9.72. The van der Waals surface area contributed by atoms with Crippen LogP contribution in [0.4, 0.5) is 5.69 Å². The maximum Gasteiger partial charge on any atom is 0.255 e. The standard InChI is InChI=1S/C23H31NO/c1-3-5-6-7-8-9-10-20-13-17-22(18-14-20)24-23(25)21-15-11-19(4-2)12-16-21/h11-18H,3-10H2,1-2H3,(H,24,25). The zero-order chi connectivity index (χ0) is 17.9. The minimum atomic E-state index is -0.0497. The molecule has 1 amide bonds. The highest BCUT2D eigenvalue weighted by atomic mass is 16.1. The maximum atomic E-state index is 12.3. The van der Waals surface area contributed by atoms with Gasteiger partial charge >= 0.3 is 0 Å². The Labute approximate surface area is 152 Å². The fourth-order valence-corrected chi connectivity index (χ4v) is 2.96. The van der Waals surface area contributed by atoms with Crippen LogP contribution in [0, 0.1) is 0 Å². The molecule has 2 heteroatoms. The predicted octanol–water partition coefficient (Wildman–Crippen LogP) is 6.40. The molecule has 0 fully saturated rings. The number of hydrogen-bond donors (Lipinski definition) is 1. The SMILES string of the molecule is CCCCCCCCc1ccc(NC(=O)c2ccc(CC)cc2)cc1. The minimum absolute atomic E-state index is 0.0497. The summed E-state index contributed by atoms with van der Waals surface area (Å²) in [6.45, 7) is 4.36. The molecule has 134 valence electrons. The van der Waals surface area contributed by atoms with Crippen molar-refractivity contribution in [3.05, 3.63) is 65.2 Å². The van der Waals surface area contributed by atoms with Crippen LogP contribution in [0.2, 0.25) is 0 Å². The first kappa shape index (κ1) is 19.2. The van der Waals surface area contributed by atoms with E-state index in [0.29, 0.717) is 5.56 Å². The zero-order valence-electron chi connectivity index (χ0n) is 15.7. The average Bonchev–Trinajstić information content (AvgIpc) is 2.66. The Balaban J connectivity index is 1.78. The second kappa shape index (κ2) is 10.7. The largest absolute Gasteiger partial charge is 0.322 e. The summed E-state index contributed by atoms with van der Waals surface area (Å²) < 4.78 is 0. The summed E-state index contributed by atoms with van der Waals surface area (Å²) in [6, 6.07) is 16.1. The van der Waals surface area contributed by atoms with Crippen molar-refractivity contribution in [2.75, 3.05) is 5.32 Å². The van der Waals surface area contributed by atoms with Crippen LogP contribution in [-0.2, 0) is 12.8 Å². The van der Waals surface area contributed by atoms with Crippen LogP contribution in [-0.4, -0.2) is 5.91 Å². The molecule has 25 heavy (non-hydrogen) atoms. The van der Waals surface area contributed by atoms with E-state index in [2.05, 4.69) is 31.3 Å². The van der Waals surface area contributed by atoms with Gasteiger partial charge in [0, 0.05) is 11.3 Å². The third-order valence-corrected chi connectivity index (χ3v) is 4.66. The summed E-state index contributed by atoms with van der Waals surface area (Å²) in [6.07, 6.45) is 10.0. The molecule has 0 radical (unpaired) electrons. The first-order chi connectivity index (χ1) is 12.2. The number of nitrogens with one attached hydrogen (secondary N) is 1. The van der Waals surface area contributed by atoms with Gasteiger partial charge in [0.15, 0.2) is 0 Å². The van der Waals surface area contributed by atoms with Crippen molar-refractivity contribution in [2.45, 2.75) is 65.2 Å². The predicted molar refractivity (Wildman–Crippen MR) is 107 cm³/mol. The molecule has 0 spiro atoms. The lowest BCUT2D eigenvalue weighted by atomic mass is 10.0. The Morgan fingerprint density at radius 1 is 0.760 bits per heavy atom. The zero-order valence-corrected chi connectivity index (χ0v) is 15.7. The number of benzene rings is 2. The minimum Gasteiger partial charge on any atom is -0.322 e. The number of rotatable bonds is 10. The van der Waals surface area contributed by atoms with Crippen LogP contribution in [0.25, 0.3) is 0 Å². The Hall–Kier alpha value is -2.09. The molecule has 2 rings (SSSR count). The highest BCUT2D eigenvalue weighted by molar-refractivity contribution is 6.04. The molecule has 0 aliphatic rings. The molecule has 2 aromatic rings. The van der Waals surface area contributed by atoms with Crippen LogP contribution < -0.4 is 5.32 Å². The molecule has 0 saturated heterocycles. The van der Waals surface area contributed by atoms with Gasteiger partial charge in [-0.1, -0.05) is 70.2 Å². The van der Waals surface area contributed by atoms with Crippen molar-refractivity contribution in [1.82, 2.24) is 0 Å². The Bertz CT molecular complexity index is 628. The monoisotopic (exact) mass is 337 g/mol. The van der Waals surface area contributed by atoms with Crippen LogP contribution in [0.3, 0.4) is 0 Å². The van der Waals surface area contributed by atoms with Gasteiger partial charge in [0.2, 0.25) is 0 Å². The third kappa shape index (κ3) is 6.74. The fraction of sp³-hybridized carbons (Fsp3) is 0.435. The van der Waals surface area contributed by atoms with E-state index in [1.54, 1.807) is 0 Å². The van der Waals surface area contributed by atoms with Gasteiger partial charge in [-0.05, 0) is 54.7 Å². The van der Waals surface area contributed by atoms with Crippen molar-refractivity contribution in [1.29, 1.82) is 0 Å². The maximum absolute atomic E-state index is 12.3. The van der Waals surface area contributed by atoms with E-state index in [9.17, 15) is 4.79 Å². The number of amides is 1. The van der Waals surface area contributed by atoms with Gasteiger partial charge in [-0.2, -0.15) is 0 Å². The van der Waals surface area contributed by atoms with Crippen molar-refractivity contribution in [3.8, 4) is 0 Å². The molecule has 0 aliphatic heterocycles. The van der Waals surface area contributed by atoms with Crippen molar-refractivity contribution >= 4 is 11.6 Å². The van der Waals surface area contributed by atoms with Gasteiger partial charge < -0.3 is 5.32 Å². The van der Waals surface area contributed by atoms with E-state index in [1.807, 2.05) is 36.4 Å². The van der Waals surface area contributed by atoms with E-state index in [1.165, 1.54) is 49.7 Å². The van der Waals surface area contributed by atoms with Crippen LogP contribution in [0.1, 0.15) is 73.9 Å². The van der Waals surface area contributed by atoms with Crippen LogP contribution in [0.5, 0.6) is 0 Å². The molecule has 0 bridgehead atoms. The molecule has 2 nitrogen and oxygen atoms in total. The van der Waals surface area contributed by atoms with Gasteiger partial charge in [0.05, 0.1) is 0 Å². The summed E-state index contributed by atoms with van der Waals surface area (Å²) in [5.74, 6) is -0.0497. The quantitative estimate of drug-likeness (QED) is 0.499. The number of anilines is 1. The van der Waals surface area contributed by atoms with Gasteiger partial charge in [-0.25, -0.2) is 0 Å². The average molecular weight is 338 g/mol. The number of aryl methyl sites for hydroxylation is 2. The second-order valence-corrected chi connectivity index (χ2v) is 6.72. The Kier molecular flexibility index (Phi) is 8.24. The van der Waals surface area contributed by atoms with Gasteiger partial charge in [0.1, 0.15) is 0 Å². The lowest BCUT2D eigenvalue weighted by Gasteiger charge is -2.07. The van der Waals surface area contributed by atoms with Crippen LogP contribution >= 0.6 is 0 Å². The number of carbonyl (C=O) groups excluding carboxylic acids is 1. The topological polar surface area (TPSA) is 29.1 Å². The van der Waals surface area contributed by atoms with E-state index >= 15 is 0 Å². The normalized spacial score (nSPS) is 10.6. The van der Waals surface area contributed by atoms with Gasteiger partial charge in [-0.15, -0.1) is 0 Å². The summed E-state index contributed by atoms with van der Waals surface area (Å²) in [7, 11) is 0. The van der Waals surface area contributed by atoms with Crippen molar-refractivity contribution in [2.24, 2.45) is 0 Å². The molecule has 1 N–H and O–H groups in total. The highest BCUT2D eigenvalue weighted by Crippen LogP contribution is 2.15. The Morgan fingerprint density at radius 3 is 2.00 bits per heavy atom. The summed E-state index contributed by atoms with van der Waals surface area (Å²) >= 11 is 0. The number of carbonyl (C=O) groups is 1. The van der Waals surface area contributed by atoms with Crippen molar-refractivity contribution < 1.29 is 4.79 Å². The number of unbranched alkanes of at least 4 members (excludes halogenated alkanes) is 5. The summed E-state index contributed by atoms with van der Waals surface area (Å²) in [5, 5.41) is 2.97. The molecular weight excluding hydrogens is 306 g/mol. The summed E-state index contributed by atoms with van der Waals surface area (Å²) in [5.41, 5.74) is 4.15. The number of hydrogen-bond acceptors (Lipinski definition) is 1. The van der Waals surface area contributed by atoms with E-state index in [0.717, 1.165) is 18.5 Å². The van der Waals surface area contributed by atoms with E-state index in [-0.39, 0.29) is 5.91 Å². The van der Waals surface area contributed by atoms with E-state index < -0.39 is 0 Å². The fourth-order valence-electron chi connectivity index (χ4n) is 2.96. The molecular formula is C23H31NO. The molecule has 2 aromatic carbocycles. The molecule has 0 saturated carbocycles. The lowest BCUT2D eigenvalue weighted by molar-refractivity contribution is 0.102. The molecule has 0 aliphatic carbocycles. The summed E-state index contributed by atoms with van der Waals surface area (Å²) in [4.78, 5) is 12.3. The lowest BCUT2D eigenvalue weighted by Crippen LogP contribution is -2.11. The third-order valence-electron chi connectivity index (χ3n) is 4.66. The molecule has 0 unspecified atom stereocenters. The van der Waals surface area contributed by atoms with Crippen molar-refractivity contribution in [3.63, 3.8) is 0 Å².